The molecule has 0 spiro atoms. The molecule has 0 aromatic heterocycles. The van der Waals surface area contributed by atoms with Crippen LogP contribution in [-0.4, -0.2) is 52.0 Å². The Morgan fingerprint density at radius 2 is 2.00 bits per heavy atom. The first kappa shape index (κ1) is 15.3. The lowest BCUT2D eigenvalue weighted by molar-refractivity contribution is -0.121. The maximum atomic E-state index is 11.4. The van der Waals surface area contributed by atoms with Gasteiger partial charge in [-0.05, 0) is 0 Å². The molecule has 0 aliphatic rings. The predicted molar refractivity (Wildman–Crippen MR) is 63.4 cm³/mol. The number of methoxy groups -OCH3 is 2. The third kappa shape index (κ3) is 8.64. The second-order valence-electron chi connectivity index (χ2n) is 3.98. The average Bonchev–Trinajstić information content (AvgIpc) is 2.23. The second kappa shape index (κ2) is 9.57. The highest BCUT2D eigenvalue weighted by Gasteiger charge is 2.08. The van der Waals surface area contributed by atoms with Gasteiger partial charge in [0.15, 0.2) is 0 Å². The maximum Gasteiger partial charge on any atom is 0.221 e. The molecule has 16 heavy (non-hydrogen) atoms. The van der Waals surface area contributed by atoms with Crippen molar-refractivity contribution in [3.05, 3.63) is 0 Å². The average molecular weight is 232 g/mol. The third-order valence-corrected chi connectivity index (χ3v) is 2.12. The molecule has 96 valence electrons. The summed E-state index contributed by atoms with van der Waals surface area (Å²) in [6.45, 7) is 5.78. The van der Waals surface area contributed by atoms with Crippen molar-refractivity contribution >= 4 is 5.91 Å². The fraction of sp³-hybridized carbons (Fsp3) is 0.909. The Bertz CT molecular complexity index is 186. The Balaban J connectivity index is 3.55. The Kier molecular flexibility index (Phi) is 9.18. The number of amides is 1. The largest absolute Gasteiger partial charge is 0.382 e. The first-order valence-electron chi connectivity index (χ1n) is 5.62. The van der Waals surface area contributed by atoms with E-state index in [4.69, 9.17) is 9.47 Å². The fourth-order valence-electron chi connectivity index (χ4n) is 1.19. The van der Waals surface area contributed by atoms with Crippen LogP contribution < -0.4 is 10.6 Å². The molecule has 0 aromatic carbocycles. The molecule has 1 atom stereocenters. The molecular formula is C11H24N2O3. The van der Waals surface area contributed by atoms with E-state index in [0.717, 1.165) is 0 Å². The van der Waals surface area contributed by atoms with Crippen molar-refractivity contribution < 1.29 is 14.3 Å². The normalized spacial score (nSPS) is 12.8. The van der Waals surface area contributed by atoms with Crippen molar-refractivity contribution in [1.82, 2.24) is 10.6 Å². The molecule has 0 aliphatic heterocycles. The second-order valence-corrected chi connectivity index (χ2v) is 3.98. The quantitative estimate of drug-likeness (QED) is 0.594. The van der Waals surface area contributed by atoms with E-state index in [1.165, 1.54) is 0 Å². The van der Waals surface area contributed by atoms with Gasteiger partial charge in [0.05, 0.1) is 12.7 Å². The first-order valence-corrected chi connectivity index (χ1v) is 5.62. The SMILES string of the molecule is COCC(CNC(=O)CCNC(C)C)OC. The maximum absolute atomic E-state index is 11.4. The third-order valence-electron chi connectivity index (χ3n) is 2.12. The van der Waals surface area contributed by atoms with Gasteiger partial charge >= 0.3 is 0 Å². The Morgan fingerprint density at radius 3 is 2.50 bits per heavy atom. The molecule has 0 heterocycles. The van der Waals surface area contributed by atoms with E-state index in [1.54, 1.807) is 14.2 Å². The summed E-state index contributed by atoms with van der Waals surface area (Å²) < 4.78 is 10.1. The van der Waals surface area contributed by atoms with Crippen molar-refractivity contribution in [3.63, 3.8) is 0 Å². The van der Waals surface area contributed by atoms with Crippen LogP contribution in [0.3, 0.4) is 0 Å². The molecule has 0 aliphatic carbocycles. The summed E-state index contributed by atoms with van der Waals surface area (Å²) in [5.74, 6) is 0.0336. The number of carbonyl (C=O) groups is 1. The van der Waals surface area contributed by atoms with E-state index >= 15 is 0 Å². The van der Waals surface area contributed by atoms with Crippen LogP contribution in [0.5, 0.6) is 0 Å². The molecule has 0 fully saturated rings. The number of rotatable bonds is 9. The van der Waals surface area contributed by atoms with E-state index in [1.807, 2.05) is 0 Å². The molecule has 0 saturated heterocycles. The van der Waals surface area contributed by atoms with Gasteiger partial charge in [-0.2, -0.15) is 0 Å². The van der Waals surface area contributed by atoms with Gasteiger partial charge in [0.2, 0.25) is 5.91 Å². The summed E-state index contributed by atoms with van der Waals surface area (Å²) in [5.41, 5.74) is 0. The lowest BCUT2D eigenvalue weighted by atomic mass is 10.3. The zero-order chi connectivity index (χ0) is 12.4. The number of hydrogen-bond donors (Lipinski definition) is 2. The monoisotopic (exact) mass is 232 g/mol. The van der Waals surface area contributed by atoms with Gasteiger partial charge in [0.1, 0.15) is 0 Å². The highest BCUT2D eigenvalue weighted by atomic mass is 16.5. The van der Waals surface area contributed by atoms with Gasteiger partial charge in [-0.1, -0.05) is 13.8 Å². The van der Waals surface area contributed by atoms with Crippen LogP contribution in [0.25, 0.3) is 0 Å². The van der Waals surface area contributed by atoms with E-state index in [0.29, 0.717) is 32.2 Å². The van der Waals surface area contributed by atoms with E-state index < -0.39 is 0 Å². The summed E-state index contributed by atoms with van der Waals surface area (Å²) in [6.07, 6.45) is 0.411. The van der Waals surface area contributed by atoms with Crippen LogP contribution in [0.1, 0.15) is 20.3 Å². The Morgan fingerprint density at radius 1 is 1.31 bits per heavy atom. The van der Waals surface area contributed by atoms with Crippen molar-refractivity contribution in [1.29, 1.82) is 0 Å². The van der Waals surface area contributed by atoms with E-state index in [2.05, 4.69) is 24.5 Å². The summed E-state index contributed by atoms with van der Waals surface area (Å²) >= 11 is 0. The van der Waals surface area contributed by atoms with Gasteiger partial charge in [-0.3, -0.25) is 4.79 Å². The minimum atomic E-state index is -0.0768. The van der Waals surface area contributed by atoms with Crippen molar-refractivity contribution in [2.75, 3.05) is 33.9 Å². The molecule has 0 rings (SSSR count). The van der Waals surface area contributed by atoms with Crippen molar-refractivity contribution in [3.8, 4) is 0 Å². The smallest absolute Gasteiger partial charge is 0.221 e. The van der Waals surface area contributed by atoms with Crippen molar-refractivity contribution in [2.24, 2.45) is 0 Å². The summed E-state index contributed by atoms with van der Waals surface area (Å²) in [7, 11) is 3.22. The number of hydrogen-bond acceptors (Lipinski definition) is 4. The van der Waals surface area contributed by atoms with Crippen LogP contribution >= 0.6 is 0 Å². The summed E-state index contributed by atoms with van der Waals surface area (Å²) in [5, 5.41) is 5.99. The molecule has 5 heteroatoms. The van der Waals surface area contributed by atoms with E-state index in [-0.39, 0.29) is 12.0 Å². The number of nitrogens with one attached hydrogen (secondary N) is 2. The first-order chi connectivity index (χ1) is 7.60. The van der Waals surface area contributed by atoms with Gasteiger partial charge in [0, 0.05) is 39.8 Å². The molecule has 0 radical (unpaired) electrons. The lowest BCUT2D eigenvalue weighted by Gasteiger charge is -2.15. The Hall–Kier alpha value is -0.650. The molecule has 1 unspecified atom stereocenters. The van der Waals surface area contributed by atoms with Gasteiger partial charge < -0.3 is 20.1 Å². The molecule has 5 nitrogen and oxygen atoms in total. The zero-order valence-corrected chi connectivity index (χ0v) is 10.7. The standard InChI is InChI=1S/C11H24N2O3/c1-9(2)12-6-5-11(14)13-7-10(16-4)8-15-3/h9-10,12H,5-8H2,1-4H3,(H,13,14). The van der Waals surface area contributed by atoms with Gasteiger partial charge in [-0.15, -0.1) is 0 Å². The Labute approximate surface area is 97.9 Å². The van der Waals surface area contributed by atoms with Crippen LogP contribution in [0.4, 0.5) is 0 Å². The lowest BCUT2D eigenvalue weighted by Crippen LogP contribution is -2.37. The van der Waals surface area contributed by atoms with Crippen LogP contribution in [0, 0.1) is 0 Å². The van der Waals surface area contributed by atoms with Crippen LogP contribution in [-0.2, 0) is 14.3 Å². The molecule has 0 aromatic rings. The molecule has 1 amide bonds. The minimum Gasteiger partial charge on any atom is -0.382 e. The van der Waals surface area contributed by atoms with E-state index in [9.17, 15) is 4.79 Å². The fourth-order valence-corrected chi connectivity index (χ4v) is 1.19. The van der Waals surface area contributed by atoms with Crippen molar-refractivity contribution in [2.45, 2.75) is 32.4 Å². The van der Waals surface area contributed by atoms with Gasteiger partial charge in [-0.25, -0.2) is 0 Å². The predicted octanol–water partition coefficient (Wildman–Crippen LogP) is 0.152. The summed E-state index contributed by atoms with van der Waals surface area (Å²) in [4.78, 5) is 11.4. The highest BCUT2D eigenvalue weighted by Crippen LogP contribution is 1.89. The van der Waals surface area contributed by atoms with Crippen LogP contribution in [0.2, 0.25) is 0 Å². The molecular weight excluding hydrogens is 208 g/mol. The summed E-state index contributed by atoms with van der Waals surface area (Å²) in [6, 6.07) is 0.410. The molecule has 0 saturated carbocycles. The zero-order valence-electron chi connectivity index (χ0n) is 10.7. The molecule has 2 N–H and O–H groups in total. The number of carbonyl (C=O) groups excluding carboxylic acids is 1. The topological polar surface area (TPSA) is 59.6 Å². The minimum absolute atomic E-state index is 0.0336. The molecule has 0 bridgehead atoms. The number of ether oxygens (including phenoxy) is 2. The van der Waals surface area contributed by atoms with Crippen LogP contribution in [0.15, 0.2) is 0 Å². The van der Waals surface area contributed by atoms with Gasteiger partial charge in [0.25, 0.3) is 0 Å². The highest BCUT2D eigenvalue weighted by molar-refractivity contribution is 5.76.